The van der Waals surface area contributed by atoms with Crippen molar-refractivity contribution in [2.75, 3.05) is 39.3 Å². The molecular formula is C24H30N4O2. The zero-order valence-corrected chi connectivity index (χ0v) is 17.5. The van der Waals surface area contributed by atoms with E-state index >= 15 is 0 Å². The quantitative estimate of drug-likeness (QED) is 0.783. The van der Waals surface area contributed by atoms with Crippen LogP contribution in [0.5, 0.6) is 0 Å². The number of benzene rings is 1. The van der Waals surface area contributed by atoms with Crippen molar-refractivity contribution in [2.45, 2.75) is 32.2 Å². The van der Waals surface area contributed by atoms with Gasteiger partial charge in [-0.15, -0.1) is 0 Å². The van der Waals surface area contributed by atoms with Gasteiger partial charge in [0.15, 0.2) is 0 Å². The SMILES string of the molecule is O=C(C1CC1)N1CCC(C(=O)N2CCN(Cc3cccc4cccnc34)CC2)CC1. The number of carbonyl (C=O) groups excluding carboxylic acids is 2. The van der Waals surface area contributed by atoms with Crippen LogP contribution in [0.1, 0.15) is 31.2 Å². The third-order valence-corrected chi connectivity index (χ3v) is 6.88. The van der Waals surface area contributed by atoms with Crippen molar-refractivity contribution in [1.29, 1.82) is 0 Å². The number of hydrogen-bond acceptors (Lipinski definition) is 4. The van der Waals surface area contributed by atoms with Crippen molar-refractivity contribution in [3.8, 4) is 0 Å². The van der Waals surface area contributed by atoms with Crippen LogP contribution in [0.25, 0.3) is 10.9 Å². The van der Waals surface area contributed by atoms with Crippen molar-refractivity contribution in [2.24, 2.45) is 11.8 Å². The van der Waals surface area contributed by atoms with Gasteiger partial charge in [-0.3, -0.25) is 19.5 Å². The number of carbonyl (C=O) groups is 2. The third kappa shape index (κ3) is 4.06. The van der Waals surface area contributed by atoms with Gasteiger partial charge in [-0.1, -0.05) is 24.3 Å². The van der Waals surface area contributed by atoms with E-state index in [4.69, 9.17) is 0 Å². The van der Waals surface area contributed by atoms with Gasteiger partial charge >= 0.3 is 0 Å². The molecule has 3 fully saturated rings. The summed E-state index contributed by atoms with van der Waals surface area (Å²) in [4.78, 5) is 36.2. The van der Waals surface area contributed by atoms with Crippen LogP contribution in [-0.2, 0) is 16.1 Å². The fourth-order valence-electron chi connectivity index (χ4n) is 4.86. The normalized spacial score (nSPS) is 21.2. The average molecular weight is 407 g/mol. The molecule has 1 aromatic heterocycles. The highest BCUT2D eigenvalue weighted by atomic mass is 16.2. The summed E-state index contributed by atoms with van der Waals surface area (Å²) in [7, 11) is 0. The number of amides is 2. The van der Waals surface area contributed by atoms with Gasteiger partial charge in [0.05, 0.1) is 5.52 Å². The third-order valence-electron chi connectivity index (χ3n) is 6.88. The van der Waals surface area contributed by atoms with Gasteiger partial charge in [-0.25, -0.2) is 0 Å². The second-order valence-corrected chi connectivity index (χ2v) is 8.97. The highest BCUT2D eigenvalue weighted by molar-refractivity contribution is 5.83. The highest BCUT2D eigenvalue weighted by Gasteiger charge is 2.37. The lowest BCUT2D eigenvalue weighted by molar-refractivity contribution is -0.142. The van der Waals surface area contributed by atoms with Crippen molar-refractivity contribution >= 4 is 22.7 Å². The summed E-state index contributed by atoms with van der Waals surface area (Å²) in [5.41, 5.74) is 2.33. The first kappa shape index (κ1) is 19.5. The predicted molar refractivity (Wildman–Crippen MR) is 116 cm³/mol. The lowest BCUT2D eigenvalue weighted by Crippen LogP contribution is -2.51. The number of pyridine rings is 1. The zero-order valence-electron chi connectivity index (χ0n) is 17.5. The maximum Gasteiger partial charge on any atom is 0.225 e. The molecule has 5 rings (SSSR count). The van der Waals surface area contributed by atoms with Crippen LogP contribution in [-0.4, -0.2) is 70.8 Å². The predicted octanol–water partition coefficient (Wildman–Crippen LogP) is 2.53. The minimum Gasteiger partial charge on any atom is -0.342 e. The summed E-state index contributed by atoms with van der Waals surface area (Å²) < 4.78 is 0. The van der Waals surface area contributed by atoms with E-state index in [1.54, 1.807) is 0 Å². The maximum atomic E-state index is 13.0. The molecule has 0 atom stereocenters. The Labute approximate surface area is 177 Å². The van der Waals surface area contributed by atoms with Crippen LogP contribution in [0.3, 0.4) is 0 Å². The summed E-state index contributed by atoms with van der Waals surface area (Å²) in [5.74, 6) is 0.974. The molecule has 2 aromatic rings. The van der Waals surface area contributed by atoms with Crippen LogP contribution >= 0.6 is 0 Å². The Balaban J connectivity index is 1.12. The molecule has 0 bridgehead atoms. The van der Waals surface area contributed by atoms with Crippen LogP contribution in [0, 0.1) is 11.8 Å². The average Bonchev–Trinajstić information content (AvgIpc) is 3.65. The molecule has 2 saturated heterocycles. The zero-order chi connectivity index (χ0) is 20.5. The second-order valence-electron chi connectivity index (χ2n) is 8.97. The molecule has 0 unspecified atom stereocenters. The van der Waals surface area contributed by atoms with Crippen molar-refractivity contribution in [3.05, 3.63) is 42.1 Å². The number of likely N-dealkylation sites (tertiary alicyclic amines) is 1. The Hall–Kier alpha value is -2.47. The lowest BCUT2D eigenvalue weighted by atomic mass is 9.94. The molecule has 158 valence electrons. The Kier molecular flexibility index (Phi) is 5.42. The topological polar surface area (TPSA) is 56.8 Å². The number of rotatable bonds is 4. The monoisotopic (exact) mass is 406 g/mol. The molecule has 6 nitrogen and oxygen atoms in total. The molecule has 2 amide bonds. The van der Waals surface area contributed by atoms with E-state index in [2.05, 4.69) is 34.1 Å². The standard InChI is InChI=1S/C24H30N4O2/c29-23(19-6-7-19)27-11-8-20(9-12-27)24(30)28-15-13-26(14-16-28)17-21-4-1-3-18-5-2-10-25-22(18)21/h1-5,10,19-20H,6-9,11-17H2. The van der Waals surface area contributed by atoms with E-state index in [1.165, 1.54) is 10.9 Å². The van der Waals surface area contributed by atoms with Gasteiger partial charge in [-0.2, -0.15) is 0 Å². The Bertz CT molecular complexity index is 920. The van der Waals surface area contributed by atoms with Gasteiger partial charge in [0.25, 0.3) is 0 Å². The molecule has 0 N–H and O–H groups in total. The fourth-order valence-corrected chi connectivity index (χ4v) is 4.86. The number of para-hydroxylation sites is 1. The minimum atomic E-state index is 0.0853. The van der Waals surface area contributed by atoms with Crippen LogP contribution < -0.4 is 0 Å². The number of hydrogen-bond donors (Lipinski definition) is 0. The van der Waals surface area contributed by atoms with Crippen LogP contribution in [0.2, 0.25) is 0 Å². The van der Waals surface area contributed by atoms with Crippen molar-refractivity contribution < 1.29 is 9.59 Å². The van der Waals surface area contributed by atoms with E-state index in [0.717, 1.165) is 77.0 Å². The van der Waals surface area contributed by atoms with E-state index in [1.807, 2.05) is 22.1 Å². The molecule has 0 spiro atoms. The van der Waals surface area contributed by atoms with Gasteiger partial charge in [0.2, 0.25) is 11.8 Å². The second kappa shape index (κ2) is 8.34. The summed E-state index contributed by atoms with van der Waals surface area (Å²) in [6.45, 7) is 5.75. The van der Waals surface area contributed by atoms with Crippen molar-refractivity contribution in [3.63, 3.8) is 0 Å². The summed E-state index contributed by atoms with van der Waals surface area (Å²) in [6.07, 6.45) is 5.60. The minimum absolute atomic E-state index is 0.0853. The number of nitrogens with zero attached hydrogens (tertiary/aromatic N) is 4. The number of fused-ring (bicyclic) bond motifs is 1. The summed E-state index contributed by atoms with van der Waals surface area (Å²) in [6, 6.07) is 10.4. The molecule has 2 aliphatic heterocycles. The fraction of sp³-hybridized carbons (Fsp3) is 0.542. The summed E-state index contributed by atoms with van der Waals surface area (Å²) >= 11 is 0. The number of piperidine rings is 1. The molecule has 1 aromatic carbocycles. The largest absolute Gasteiger partial charge is 0.342 e. The molecule has 0 radical (unpaired) electrons. The number of aromatic nitrogens is 1. The van der Waals surface area contributed by atoms with Gasteiger partial charge < -0.3 is 9.80 Å². The molecule has 3 aliphatic rings. The first-order valence-electron chi connectivity index (χ1n) is 11.3. The maximum absolute atomic E-state index is 13.0. The van der Waals surface area contributed by atoms with Gasteiger partial charge in [0.1, 0.15) is 0 Å². The van der Waals surface area contributed by atoms with Crippen LogP contribution in [0.15, 0.2) is 36.5 Å². The smallest absolute Gasteiger partial charge is 0.225 e. The van der Waals surface area contributed by atoms with E-state index in [9.17, 15) is 9.59 Å². The Morgan fingerprint density at radius 2 is 1.43 bits per heavy atom. The highest BCUT2D eigenvalue weighted by Crippen LogP contribution is 2.32. The Morgan fingerprint density at radius 3 is 2.13 bits per heavy atom. The summed E-state index contributed by atoms with van der Waals surface area (Å²) in [5, 5.41) is 1.18. The molecule has 1 aliphatic carbocycles. The van der Waals surface area contributed by atoms with Gasteiger partial charge in [-0.05, 0) is 37.3 Å². The first-order valence-corrected chi connectivity index (χ1v) is 11.3. The lowest BCUT2D eigenvalue weighted by Gasteiger charge is -2.38. The first-order chi connectivity index (χ1) is 14.7. The molecule has 6 heteroatoms. The Morgan fingerprint density at radius 1 is 0.800 bits per heavy atom. The molecule has 3 heterocycles. The number of piperazine rings is 1. The van der Waals surface area contributed by atoms with Crippen molar-refractivity contribution in [1.82, 2.24) is 19.7 Å². The van der Waals surface area contributed by atoms with Crippen LogP contribution in [0.4, 0.5) is 0 Å². The van der Waals surface area contributed by atoms with E-state index in [0.29, 0.717) is 11.8 Å². The van der Waals surface area contributed by atoms with E-state index < -0.39 is 0 Å². The molecular weight excluding hydrogens is 376 g/mol. The molecule has 1 saturated carbocycles. The van der Waals surface area contributed by atoms with Gasteiger partial charge in [0, 0.05) is 69.2 Å². The molecule has 30 heavy (non-hydrogen) atoms. The van der Waals surface area contributed by atoms with E-state index in [-0.39, 0.29) is 11.8 Å².